The van der Waals surface area contributed by atoms with Crippen molar-refractivity contribution < 1.29 is 4.74 Å². The van der Waals surface area contributed by atoms with Gasteiger partial charge >= 0.3 is 0 Å². The highest BCUT2D eigenvalue weighted by Crippen LogP contribution is 2.18. The van der Waals surface area contributed by atoms with Gasteiger partial charge in [-0.3, -0.25) is 5.43 Å². The van der Waals surface area contributed by atoms with Gasteiger partial charge in [-0.15, -0.1) is 0 Å². The molecule has 3 rings (SSSR count). The third-order valence-electron chi connectivity index (χ3n) is 4.71. The van der Waals surface area contributed by atoms with Crippen LogP contribution in [0, 0.1) is 5.92 Å². The van der Waals surface area contributed by atoms with Crippen LogP contribution in [0.4, 0.5) is 5.69 Å². The van der Waals surface area contributed by atoms with Crippen molar-refractivity contribution in [3.8, 4) is 5.75 Å². The third kappa shape index (κ3) is 5.88. The molecule has 4 nitrogen and oxygen atoms in total. The SMILES string of the molecule is CC1CCCN(CCCOc2ccccc2C=NNc2ccccc2)C1. The molecule has 26 heavy (non-hydrogen) atoms. The normalized spacial score (nSPS) is 18.1. The average Bonchev–Trinajstić information content (AvgIpc) is 2.67. The Kier molecular flexibility index (Phi) is 7.08. The van der Waals surface area contributed by atoms with Crippen molar-refractivity contribution >= 4 is 11.9 Å². The summed E-state index contributed by atoms with van der Waals surface area (Å²) in [7, 11) is 0. The van der Waals surface area contributed by atoms with E-state index in [4.69, 9.17) is 4.74 Å². The summed E-state index contributed by atoms with van der Waals surface area (Å²) in [6.45, 7) is 6.67. The lowest BCUT2D eigenvalue weighted by atomic mass is 10.0. The van der Waals surface area contributed by atoms with Crippen LogP contribution in [0.5, 0.6) is 5.75 Å². The molecule has 1 aliphatic rings. The van der Waals surface area contributed by atoms with Gasteiger partial charge in [0.1, 0.15) is 5.75 Å². The maximum atomic E-state index is 6.01. The van der Waals surface area contributed by atoms with Crippen molar-refractivity contribution in [2.24, 2.45) is 11.0 Å². The average molecular weight is 351 g/mol. The van der Waals surface area contributed by atoms with Crippen molar-refractivity contribution in [3.05, 3.63) is 60.2 Å². The first-order valence-electron chi connectivity index (χ1n) is 9.59. The molecule has 1 unspecified atom stereocenters. The summed E-state index contributed by atoms with van der Waals surface area (Å²) in [6.07, 6.45) is 5.57. The summed E-state index contributed by atoms with van der Waals surface area (Å²) >= 11 is 0. The van der Waals surface area contributed by atoms with E-state index in [1.165, 1.54) is 25.9 Å². The molecule has 4 heteroatoms. The summed E-state index contributed by atoms with van der Waals surface area (Å²) < 4.78 is 6.01. The van der Waals surface area contributed by atoms with Gasteiger partial charge in [0.05, 0.1) is 18.5 Å². The zero-order valence-corrected chi connectivity index (χ0v) is 15.6. The van der Waals surface area contributed by atoms with E-state index in [1.807, 2.05) is 60.8 Å². The number of benzene rings is 2. The largest absolute Gasteiger partial charge is 0.493 e. The van der Waals surface area contributed by atoms with Gasteiger partial charge in [0.2, 0.25) is 0 Å². The van der Waals surface area contributed by atoms with Gasteiger partial charge in [-0.05, 0) is 56.0 Å². The minimum atomic E-state index is 0.738. The standard InChI is InChI=1S/C22H29N3O/c1-19-9-7-14-25(18-19)15-8-16-26-22-13-6-5-10-20(22)17-23-24-21-11-3-2-4-12-21/h2-6,10-13,17,19,24H,7-9,14-16,18H2,1H3. The number of piperidine rings is 1. The van der Waals surface area contributed by atoms with Crippen molar-refractivity contribution in [1.29, 1.82) is 0 Å². The Hall–Kier alpha value is -2.33. The van der Waals surface area contributed by atoms with Gasteiger partial charge in [-0.2, -0.15) is 5.10 Å². The van der Waals surface area contributed by atoms with E-state index >= 15 is 0 Å². The fourth-order valence-electron chi connectivity index (χ4n) is 3.37. The molecule has 2 aromatic rings. The number of hydrogen-bond acceptors (Lipinski definition) is 4. The molecule has 138 valence electrons. The van der Waals surface area contributed by atoms with Gasteiger partial charge in [0.25, 0.3) is 0 Å². The Balaban J connectivity index is 1.46. The molecular formula is C22H29N3O. The Morgan fingerprint density at radius 2 is 1.96 bits per heavy atom. The van der Waals surface area contributed by atoms with Crippen LogP contribution in [0.1, 0.15) is 31.7 Å². The smallest absolute Gasteiger partial charge is 0.128 e. The van der Waals surface area contributed by atoms with Crippen LogP contribution in [-0.2, 0) is 0 Å². The number of rotatable bonds is 8. The van der Waals surface area contributed by atoms with Crippen molar-refractivity contribution in [3.63, 3.8) is 0 Å². The highest BCUT2D eigenvalue weighted by molar-refractivity contribution is 5.83. The highest BCUT2D eigenvalue weighted by Gasteiger charge is 2.15. The van der Waals surface area contributed by atoms with Crippen molar-refractivity contribution in [1.82, 2.24) is 4.90 Å². The Bertz CT molecular complexity index is 687. The van der Waals surface area contributed by atoms with E-state index in [2.05, 4.69) is 22.4 Å². The maximum Gasteiger partial charge on any atom is 0.128 e. The van der Waals surface area contributed by atoms with Gasteiger partial charge in [0, 0.05) is 18.7 Å². The Morgan fingerprint density at radius 3 is 2.81 bits per heavy atom. The number of likely N-dealkylation sites (tertiary alicyclic amines) is 1. The molecule has 1 heterocycles. The fraction of sp³-hybridized carbons (Fsp3) is 0.409. The molecule has 0 amide bonds. The molecular weight excluding hydrogens is 322 g/mol. The first kappa shape index (κ1) is 18.5. The van der Waals surface area contributed by atoms with E-state index in [-0.39, 0.29) is 0 Å². The number of ether oxygens (including phenoxy) is 1. The third-order valence-corrected chi connectivity index (χ3v) is 4.71. The molecule has 1 N–H and O–H groups in total. The van der Waals surface area contributed by atoms with Crippen molar-refractivity contribution in [2.45, 2.75) is 26.2 Å². The summed E-state index contributed by atoms with van der Waals surface area (Å²) in [4.78, 5) is 2.56. The lowest BCUT2D eigenvalue weighted by Crippen LogP contribution is -2.35. The van der Waals surface area contributed by atoms with Gasteiger partial charge in [-0.25, -0.2) is 0 Å². The quantitative estimate of drug-likeness (QED) is 0.428. The number of para-hydroxylation sites is 2. The monoisotopic (exact) mass is 351 g/mol. The molecule has 0 bridgehead atoms. The molecule has 2 aromatic carbocycles. The van der Waals surface area contributed by atoms with Crippen molar-refractivity contribution in [2.75, 3.05) is 31.7 Å². The fourth-order valence-corrected chi connectivity index (χ4v) is 3.37. The number of hydrazone groups is 1. The molecule has 1 atom stereocenters. The lowest BCUT2D eigenvalue weighted by molar-refractivity contribution is 0.170. The number of nitrogens with zero attached hydrogens (tertiary/aromatic N) is 2. The minimum Gasteiger partial charge on any atom is -0.493 e. The maximum absolute atomic E-state index is 6.01. The van der Waals surface area contributed by atoms with E-state index < -0.39 is 0 Å². The summed E-state index contributed by atoms with van der Waals surface area (Å²) in [6, 6.07) is 18.0. The van der Waals surface area contributed by atoms with Gasteiger partial charge in [-0.1, -0.05) is 37.3 Å². The summed E-state index contributed by atoms with van der Waals surface area (Å²) in [5.74, 6) is 1.72. The van der Waals surface area contributed by atoms with Crippen LogP contribution < -0.4 is 10.2 Å². The molecule has 0 aliphatic carbocycles. The Morgan fingerprint density at radius 1 is 1.15 bits per heavy atom. The molecule has 0 saturated carbocycles. The van der Waals surface area contributed by atoms with Crippen LogP contribution >= 0.6 is 0 Å². The second kappa shape index (κ2) is 9.97. The number of hydrogen-bond donors (Lipinski definition) is 1. The van der Waals surface area contributed by atoms with E-state index in [0.29, 0.717) is 0 Å². The topological polar surface area (TPSA) is 36.9 Å². The van der Waals surface area contributed by atoms with Crippen LogP contribution in [0.15, 0.2) is 59.7 Å². The minimum absolute atomic E-state index is 0.738. The molecule has 0 aromatic heterocycles. The van der Waals surface area contributed by atoms with Crippen LogP contribution in [0.3, 0.4) is 0 Å². The molecule has 1 saturated heterocycles. The molecule has 1 aliphatic heterocycles. The zero-order chi connectivity index (χ0) is 18.0. The molecule has 1 fully saturated rings. The first-order valence-corrected chi connectivity index (χ1v) is 9.59. The van der Waals surface area contributed by atoms with Crippen LogP contribution in [-0.4, -0.2) is 37.4 Å². The van der Waals surface area contributed by atoms with E-state index in [1.54, 1.807) is 0 Å². The van der Waals surface area contributed by atoms with Crippen LogP contribution in [0.25, 0.3) is 0 Å². The predicted molar refractivity (Wildman–Crippen MR) is 109 cm³/mol. The van der Waals surface area contributed by atoms with Gasteiger partial charge < -0.3 is 9.64 Å². The second-order valence-electron chi connectivity index (χ2n) is 7.02. The summed E-state index contributed by atoms with van der Waals surface area (Å²) in [5.41, 5.74) is 5.00. The molecule has 0 radical (unpaired) electrons. The zero-order valence-electron chi connectivity index (χ0n) is 15.6. The first-order chi connectivity index (χ1) is 12.8. The lowest BCUT2D eigenvalue weighted by Gasteiger charge is -2.30. The van der Waals surface area contributed by atoms with E-state index in [0.717, 1.165) is 42.5 Å². The Labute approximate surface area is 156 Å². The highest BCUT2D eigenvalue weighted by atomic mass is 16.5. The second-order valence-corrected chi connectivity index (χ2v) is 7.02. The number of anilines is 1. The van der Waals surface area contributed by atoms with Crippen LogP contribution in [0.2, 0.25) is 0 Å². The van der Waals surface area contributed by atoms with E-state index in [9.17, 15) is 0 Å². The van der Waals surface area contributed by atoms with Gasteiger partial charge in [0.15, 0.2) is 0 Å². The predicted octanol–water partition coefficient (Wildman–Crippen LogP) is 4.63. The number of nitrogens with one attached hydrogen (secondary N) is 1. The summed E-state index contributed by atoms with van der Waals surface area (Å²) in [5, 5.41) is 4.32. The molecule has 0 spiro atoms.